The fraction of sp³-hybridized carbons (Fsp3) is 0. The third-order valence-electron chi connectivity index (χ3n) is 4.86. The van der Waals surface area contributed by atoms with Crippen LogP contribution < -0.4 is 5.43 Å². The number of aromatic nitrogens is 2. The van der Waals surface area contributed by atoms with Gasteiger partial charge in [-0.15, -0.1) is 0 Å². The second-order valence-electron chi connectivity index (χ2n) is 6.78. The van der Waals surface area contributed by atoms with Crippen molar-refractivity contribution in [1.29, 1.82) is 0 Å². The molecule has 0 saturated carbocycles. The Labute approximate surface area is 181 Å². The molecule has 0 fully saturated rings. The number of hydrogen-bond donors (Lipinski definition) is 1. The van der Waals surface area contributed by atoms with Crippen molar-refractivity contribution in [3.05, 3.63) is 99.3 Å². The molecule has 4 nitrogen and oxygen atoms in total. The van der Waals surface area contributed by atoms with Gasteiger partial charge in [0.2, 0.25) is 5.43 Å². The normalized spacial score (nSPS) is 11.1. The van der Waals surface area contributed by atoms with E-state index >= 15 is 0 Å². The Balaban J connectivity index is 1.76. The summed E-state index contributed by atoms with van der Waals surface area (Å²) in [6, 6.07) is 22.8. The van der Waals surface area contributed by atoms with E-state index in [9.17, 15) is 4.79 Å². The lowest BCUT2D eigenvalue weighted by Gasteiger charge is -2.03. The zero-order valence-corrected chi connectivity index (χ0v) is 17.0. The summed E-state index contributed by atoms with van der Waals surface area (Å²) in [6.07, 6.45) is 1.38. The topological polar surface area (TPSA) is 58.9 Å². The fourth-order valence-electron chi connectivity index (χ4n) is 3.45. The molecule has 0 aliphatic rings. The Bertz CT molecular complexity index is 1370. The lowest BCUT2D eigenvalue weighted by atomic mass is 10.1. The Morgan fingerprint density at radius 2 is 1.53 bits per heavy atom. The molecule has 2 aromatic heterocycles. The summed E-state index contributed by atoms with van der Waals surface area (Å²) in [6.45, 7) is 0. The number of imidazole rings is 1. The Morgan fingerprint density at radius 3 is 2.23 bits per heavy atom. The maximum Gasteiger partial charge on any atom is 0.203 e. The van der Waals surface area contributed by atoms with E-state index in [0.29, 0.717) is 27.4 Å². The van der Waals surface area contributed by atoms with E-state index in [-0.39, 0.29) is 10.5 Å². The highest BCUT2D eigenvalue weighted by molar-refractivity contribution is 6.38. The zero-order chi connectivity index (χ0) is 20.7. The summed E-state index contributed by atoms with van der Waals surface area (Å²) in [5.74, 6) is 0.416. The molecule has 30 heavy (non-hydrogen) atoms. The van der Waals surface area contributed by atoms with Crippen LogP contribution in [0.2, 0.25) is 10.0 Å². The summed E-state index contributed by atoms with van der Waals surface area (Å²) in [5, 5.41) is 0.964. The Morgan fingerprint density at radius 1 is 0.867 bits per heavy atom. The van der Waals surface area contributed by atoms with E-state index in [1.165, 1.54) is 6.26 Å². The van der Waals surface area contributed by atoms with E-state index in [0.717, 1.165) is 22.5 Å². The third kappa shape index (κ3) is 3.20. The van der Waals surface area contributed by atoms with Crippen LogP contribution in [-0.4, -0.2) is 9.97 Å². The fourth-order valence-corrected chi connectivity index (χ4v) is 3.99. The molecular formula is C24H14Cl2N2O2. The molecule has 1 N–H and O–H groups in total. The second-order valence-corrected chi connectivity index (χ2v) is 7.63. The monoisotopic (exact) mass is 432 g/mol. The third-order valence-corrected chi connectivity index (χ3v) is 5.36. The van der Waals surface area contributed by atoms with Gasteiger partial charge >= 0.3 is 0 Å². The largest absolute Gasteiger partial charge is 0.462 e. The molecule has 3 aromatic carbocycles. The van der Waals surface area contributed by atoms with Crippen LogP contribution in [0, 0.1) is 0 Å². The van der Waals surface area contributed by atoms with Gasteiger partial charge in [0.05, 0.1) is 21.8 Å². The molecule has 5 aromatic rings. The molecule has 2 heterocycles. The maximum atomic E-state index is 13.2. The van der Waals surface area contributed by atoms with Crippen molar-refractivity contribution in [2.45, 2.75) is 0 Å². The van der Waals surface area contributed by atoms with Crippen LogP contribution in [0.4, 0.5) is 0 Å². The summed E-state index contributed by atoms with van der Waals surface area (Å²) >= 11 is 12.3. The Hall–Kier alpha value is -3.34. The molecule has 0 atom stereocenters. The van der Waals surface area contributed by atoms with Crippen LogP contribution in [0.3, 0.4) is 0 Å². The number of nitrogens with one attached hydrogen (secondary N) is 1. The number of hydrogen-bond acceptors (Lipinski definition) is 3. The number of rotatable bonds is 3. The quantitative estimate of drug-likeness (QED) is 0.340. The number of fused-ring (bicyclic) bond motifs is 1. The van der Waals surface area contributed by atoms with Gasteiger partial charge < -0.3 is 9.40 Å². The first kappa shape index (κ1) is 18.7. The van der Waals surface area contributed by atoms with Crippen molar-refractivity contribution in [2.24, 2.45) is 0 Å². The smallest absolute Gasteiger partial charge is 0.203 e. The molecule has 0 bridgehead atoms. The molecule has 0 radical (unpaired) electrons. The second kappa shape index (κ2) is 7.48. The number of aromatic amines is 1. The van der Waals surface area contributed by atoms with Gasteiger partial charge in [0.25, 0.3) is 0 Å². The molecule has 5 rings (SSSR count). The van der Waals surface area contributed by atoms with Gasteiger partial charge in [0.15, 0.2) is 5.58 Å². The van der Waals surface area contributed by atoms with Gasteiger partial charge in [-0.3, -0.25) is 4.79 Å². The van der Waals surface area contributed by atoms with Gasteiger partial charge in [0, 0.05) is 16.1 Å². The van der Waals surface area contributed by atoms with E-state index in [4.69, 9.17) is 32.6 Å². The van der Waals surface area contributed by atoms with Gasteiger partial charge in [-0.2, -0.15) is 0 Å². The number of H-pyrrole nitrogens is 1. The summed E-state index contributed by atoms with van der Waals surface area (Å²) in [5.41, 5.74) is 3.82. The molecule has 6 heteroatoms. The minimum absolute atomic E-state index is 0.256. The first-order valence-electron chi connectivity index (χ1n) is 9.23. The van der Waals surface area contributed by atoms with Crippen molar-refractivity contribution in [3.63, 3.8) is 0 Å². The molecular weight excluding hydrogens is 419 g/mol. The van der Waals surface area contributed by atoms with Crippen molar-refractivity contribution >= 4 is 34.2 Å². The van der Waals surface area contributed by atoms with Crippen LogP contribution >= 0.6 is 23.2 Å². The van der Waals surface area contributed by atoms with Gasteiger partial charge in [-0.1, -0.05) is 83.9 Å². The highest BCUT2D eigenvalue weighted by atomic mass is 35.5. The predicted octanol–water partition coefficient (Wildman–Crippen LogP) is 6.82. The zero-order valence-electron chi connectivity index (χ0n) is 15.5. The van der Waals surface area contributed by atoms with Gasteiger partial charge in [-0.25, -0.2) is 4.98 Å². The van der Waals surface area contributed by atoms with Crippen molar-refractivity contribution in [1.82, 2.24) is 9.97 Å². The van der Waals surface area contributed by atoms with Crippen molar-refractivity contribution < 1.29 is 4.42 Å². The highest BCUT2D eigenvalue weighted by Crippen LogP contribution is 2.33. The molecule has 0 amide bonds. The van der Waals surface area contributed by atoms with Crippen LogP contribution in [0.5, 0.6) is 0 Å². The summed E-state index contributed by atoms with van der Waals surface area (Å²) in [4.78, 5) is 21.3. The van der Waals surface area contributed by atoms with Crippen molar-refractivity contribution in [2.75, 3.05) is 0 Å². The van der Waals surface area contributed by atoms with Crippen molar-refractivity contribution in [3.8, 4) is 33.9 Å². The average Bonchev–Trinajstić information content (AvgIpc) is 3.21. The first-order valence-corrected chi connectivity index (χ1v) is 9.99. The summed E-state index contributed by atoms with van der Waals surface area (Å²) in [7, 11) is 0. The number of nitrogens with zero attached hydrogens (tertiary/aromatic N) is 1. The van der Waals surface area contributed by atoms with E-state index in [1.54, 1.807) is 12.1 Å². The van der Waals surface area contributed by atoms with Crippen LogP contribution in [-0.2, 0) is 0 Å². The molecule has 0 saturated heterocycles. The number of halogens is 2. The minimum atomic E-state index is -0.256. The lowest BCUT2D eigenvalue weighted by Crippen LogP contribution is -2.06. The molecule has 0 spiro atoms. The van der Waals surface area contributed by atoms with Crippen LogP contribution in [0.25, 0.3) is 44.9 Å². The van der Waals surface area contributed by atoms with Crippen LogP contribution in [0.1, 0.15) is 0 Å². The maximum absolute atomic E-state index is 13.2. The SMILES string of the molecule is O=c1c(-c2nc(-c3ccccc3)c(-c3ccccc3)[nH]2)coc2c(Cl)cc(Cl)cc12. The van der Waals surface area contributed by atoms with Gasteiger partial charge in [0.1, 0.15) is 17.7 Å². The Kier molecular flexibility index (Phi) is 4.66. The molecule has 0 unspecified atom stereocenters. The highest BCUT2D eigenvalue weighted by Gasteiger charge is 2.19. The average molecular weight is 433 g/mol. The van der Waals surface area contributed by atoms with E-state index < -0.39 is 0 Å². The van der Waals surface area contributed by atoms with Gasteiger partial charge in [-0.05, 0) is 12.1 Å². The van der Waals surface area contributed by atoms with Crippen LogP contribution in [0.15, 0.2) is 88.3 Å². The molecule has 146 valence electrons. The summed E-state index contributed by atoms with van der Waals surface area (Å²) < 4.78 is 5.67. The predicted molar refractivity (Wildman–Crippen MR) is 121 cm³/mol. The van der Waals surface area contributed by atoms with E-state index in [2.05, 4.69) is 4.98 Å². The number of benzene rings is 3. The molecule has 0 aliphatic heterocycles. The molecule has 0 aliphatic carbocycles. The minimum Gasteiger partial charge on any atom is -0.462 e. The standard InChI is InChI=1S/C24H14Cl2N2O2/c25-16-11-17-22(29)18(13-30-23(17)19(26)12-16)24-27-20(14-7-3-1-4-8-14)21(28-24)15-9-5-2-6-10-15/h1-13H,(H,27,28). The van der Waals surface area contributed by atoms with E-state index in [1.807, 2.05) is 60.7 Å². The lowest BCUT2D eigenvalue weighted by molar-refractivity contribution is 0.604. The first-order chi connectivity index (χ1) is 14.6.